The van der Waals surface area contributed by atoms with Crippen molar-refractivity contribution in [1.29, 1.82) is 0 Å². The second kappa shape index (κ2) is 13.8. The molecule has 2 atom stereocenters. The largest absolute Gasteiger partial charge is 0.506 e. The molecule has 0 unspecified atom stereocenters. The van der Waals surface area contributed by atoms with Crippen molar-refractivity contribution in [3.8, 4) is 5.75 Å². The van der Waals surface area contributed by atoms with E-state index in [9.17, 15) is 23.1 Å². The lowest BCUT2D eigenvalue weighted by Gasteiger charge is -2.43. The summed E-state index contributed by atoms with van der Waals surface area (Å²) < 4.78 is 51.7. The summed E-state index contributed by atoms with van der Waals surface area (Å²) >= 11 is 7.16. The molecule has 0 saturated carbocycles. The number of hydrogen-bond acceptors (Lipinski definition) is 7. The molecule has 40 heavy (non-hydrogen) atoms. The average Bonchev–Trinajstić information content (AvgIpc) is 2.93. The van der Waals surface area contributed by atoms with Gasteiger partial charge in [0.15, 0.2) is 0 Å². The predicted molar refractivity (Wildman–Crippen MR) is 149 cm³/mol. The maximum absolute atomic E-state index is 13.7. The number of carbonyl (C=O) groups excluding carboxylic acids is 1. The molecular formula is C28H35ClF3N3O4S. The van der Waals surface area contributed by atoms with Gasteiger partial charge in [-0.3, -0.25) is 14.6 Å². The average molecular weight is 602 g/mol. The van der Waals surface area contributed by atoms with Crippen molar-refractivity contribution in [2.24, 2.45) is 0 Å². The highest BCUT2D eigenvalue weighted by atomic mass is 35.5. The van der Waals surface area contributed by atoms with Gasteiger partial charge in [0.05, 0.1) is 29.9 Å². The van der Waals surface area contributed by atoms with Gasteiger partial charge in [0.2, 0.25) is 0 Å². The van der Waals surface area contributed by atoms with E-state index in [2.05, 4.69) is 9.80 Å². The van der Waals surface area contributed by atoms with Crippen LogP contribution >= 0.6 is 23.4 Å². The summed E-state index contributed by atoms with van der Waals surface area (Å²) in [7, 11) is 1.66. The Balaban J connectivity index is 1.52. The van der Waals surface area contributed by atoms with Crippen LogP contribution in [0.3, 0.4) is 0 Å². The molecule has 2 aliphatic heterocycles. The van der Waals surface area contributed by atoms with Gasteiger partial charge in [-0.1, -0.05) is 17.7 Å². The standard InChI is InChI=1S/C28H35ClF3N3O4S/c1-38-18-23-17-34(9-10-39-23)6-5-33-7-8-35(22(16-33)11-19-3-4-25(29)26(36)12-19)27(37)20-13-21(28(30,31)32)15-24(14-20)40-2/h3-4,12-15,22-23,36H,5-11,16-18H2,1-2H3/t22-,23+/m1/s1. The van der Waals surface area contributed by atoms with Gasteiger partial charge in [0.25, 0.3) is 5.91 Å². The van der Waals surface area contributed by atoms with E-state index in [1.165, 1.54) is 17.8 Å². The summed E-state index contributed by atoms with van der Waals surface area (Å²) in [5.41, 5.74) is -0.0251. The molecule has 220 valence electrons. The van der Waals surface area contributed by atoms with Crippen LogP contribution in [0.25, 0.3) is 0 Å². The normalized spacial score (nSPS) is 21.1. The van der Waals surface area contributed by atoms with E-state index < -0.39 is 17.6 Å². The number of thioether (sulfide) groups is 1. The Bertz CT molecular complexity index is 1170. The number of carbonyl (C=O) groups is 1. The highest BCUT2D eigenvalue weighted by molar-refractivity contribution is 7.98. The Morgan fingerprint density at radius 1 is 1.12 bits per heavy atom. The second-order valence-corrected chi connectivity index (χ2v) is 11.4. The fraction of sp³-hybridized carbons (Fsp3) is 0.536. The van der Waals surface area contributed by atoms with Crippen LogP contribution in [0.1, 0.15) is 21.5 Å². The topological polar surface area (TPSA) is 65.5 Å². The molecule has 4 rings (SSSR count). The molecule has 7 nitrogen and oxygen atoms in total. The van der Waals surface area contributed by atoms with Crippen molar-refractivity contribution in [2.45, 2.75) is 29.6 Å². The van der Waals surface area contributed by atoms with Crippen LogP contribution in [0.15, 0.2) is 41.3 Å². The van der Waals surface area contributed by atoms with Crippen molar-refractivity contribution < 1.29 is 32.5 Å². The molecule has 2 aromatic rings. The number of rotatable bonds is 9. The number of phenolic OH excluding ortho intramolecular Hbond substituents is 1. The Labute approximate surface area is 242 Å². The van der Waals surface area contributed by atoms with Crippen LogP contribution in [0.2, 0.25) is 5.02 Å². The highest BCUT2D eigenvalue weighted by Crippen LogP contribution is 2.33. The number of amides is 1. The molecule has 0 bridgehead atoms. The summed E-state index contributed by atoms with van der Waals surface area (Å²) in [5.74, 6) is -0.482. The van der Waals surface area contributed by atoms with E-state index in [4.69, 9.17) is 21.1 Å². The van der Waals surface area contributed by atoms with E-state index in [1.807, 2.05) is 0 Å². The molecule has 0 aliphatic carbocycles. The van der Waals surface area contributed by atoms with E-state index >= 15 is 0 Å². The third-order valence-electron chi connectivity index (χ3n) is 7.33. The van der Waals surface area contributed by atoms with Crippen molar-refractivity contribution in [2.75, 3.05) is 72.4 Å². The molecule has 1 N–H and O–H groups in total. The van der Waals surface area contributed by atoms with Crippen LogP contribution in [0, 0.1) is 0 Å². The summed E-state index contributed by atoms with van der Waals surface area (Å²) in [6.07, 6.45) is -2.40. The van der Waals surface area contributed by atoms with Crippen LogP contribution in [-0.2, 0) is 22.1 Å². The zero-order valence-corrected chi connectivity index (χ0v) is 24.2. The summed E-state index contributed by atoms with van der Waals surface area (Å²) in [6, 6.07) is 8.19. The fourth-order valence-electron chi connectivity index (χ4n) is 5.25. The number of morpholine rings is 1. The minimum absolute atomic E-state index is 0.0223. The maximum atomic E-state index is 13.7. The van der Waals surface area contributed by atoms with Crippen molar-refractivity contribution in [3.63, 3.8) is 0 Å². The summed E-state index contributed by atoms with van der Waals surface area (Å²) in [4.78, 5) is 20.4. The van der Waals surface area contributed by atoms with Gasteiger partial charge in [-0.15, -0.1) is 11.8 Å². The number of ether oxygens (including phenoxy) is 2. The van der Waals surface area contributed by atoms with E-state index in [-0.39, 0.29) is 28.5 Å². The van der Waals surface area contributed by atoms with Gasteiger partial charge in [-0.2, -0.15) is 13.2 Å². The number of aromatic hydroxyl groups is 1. The molecule has 12 heteroatoms. The Morgan fingerprint density at radius 2 is 1.88 bits per heavy atom. The Hall–Kier alpha value is -2.02. The molecule has 2 heterocycles. The summed E-state index contributed by atoms with van der Waals surface area (Å²) in [6.45, 7) is 5.95. The van der Waals surface area contributed by atoms with E-state index in [1.54, 1.807) is 36.5 Å². The third-order valence-corrected chi connectivity index (χ3v) is 8.36. The van der Waals surface area contributed by atoms with E-state index in [0.29, 0.717) is 44.2 Å². The predicted octanol–water partition coefficient (Wildman–Crippen LogP) is 4.50. The third kappa shape index (κ3) is 8.04. The quantitative estimate of drug-likeness (QED) is 0.425. The molecule has 2 fully saturated rings. The van der Waals surface area contributed by atoms with Crippen LogP contribution in [-0.4, -0.2) is 110 Å². The first-order valence-corrected chi connectivity index (χ1v) is 14.8. The number of piperazine rings is 1. The lowest BCUT2D eigenvalue weighted by atomic mass is 10.00. The molecule has 1 amide bonds. The van der Waals surface area contributed by atoms with Gasteiger partial charge in [0.1, 0.15) is 5.75 Å². The number of methoxy groups -OCH3 is 1. The second-order valence-electron chi connectivity index (χ2n) is 10.1. The smallest absolute Gasteiger partial charge is 0.416 e. The van der Waals surface area contributed by atoms with Gasteiger partial charge in [0, 0.05) is 69.4 Å². The molecule has 0 aromatic heterocycles. The molecular weight excluding hydrogens is 567 g/mol. The lowest BCUT2D eigenvalue weighted by Crippen LogP contribution is -2.57. The zero-order chi connectivity index (χ0) is 28.9. The fourth-order valence-corrected chi connectivity index (χ4v) is 5.85. The zero-order valence-electron chi connectivity index (χ0n) is 22.6. The highest BCUT2D eigenvalue weighted by Gasteiger charge is 2.35. The number of halogens is 4. The minimum Gasteiger partial charge on any atom is -0.506 e. The van der Waals surface area contributed by atoms with Crippen molar-refractivity contribution in [3.05, 3.63) is 58.1 Å². The summed E-state index contributed by atoms with van der Waals surface area (Å²) in [5, 5.41) is 10.4. The van der Waals surface area contributed by atoms with Crippen LogP contribution < -0.4 is 0 Å². The SMILES string of the molecule is COC[C@@H]1CN(CCN2CCN(C(=O)c3cc(SC)cc(C(F)(F)F)c3)[C@H](Cc3ccc(Cl)c(O)c3)C2)CCO1. The van der Waals surface area contributed by atoms with E-state index in [0.717, 1.165) is 43.9 Å². The van der Waals surface area contributed by atoms with Crippen LogP contribution in [0.5, 0.6) is 5.75 Å². The van der Waals surface area contributed by atoms with Crippen LogP contribution in [0.4, 0.5) is 13.2 Å². The number of phenols is 1. The lowest BCUT2D eigenvalue weighted by molar-refractivity contribution is -0.137. The molecule has 0 spiro atoms. The van der Waals surface area contributed by atoms with Gasteiger partial charge in [-0.05, 0) is 48.6 Å². The van der Waals surface area contributed by atoms with Crippen molar-refractivity contribution in [1.82, 2.24) is 14.7 Å². The monoisotopic (exact) mass is 601 g/mol. The van der Waals surface area contributed by atoms with Gasteiger partial charge < -0.3 is 19.5 Å². The number of hydrogen-bond donors (Lipinski definition) is 1. The van der Waals surface area contributed by atoms with Gasteiger partial charge >= 0.3 is 6.18 Å². The number of benzene rings is 2. The van der Waals surface area contributed by atoms with Crippen molar-refractivity contribution >= 4 is 29.3 Å². The maximum Gasteiger partial charge on any atom is 0.416 e. The first-order chi connectivity index (χ1) is 19.1. The molecule has 2 aromatic carbocycles. The van der Waals surface area contributed by atoms with Gasteiger partial charge in [-0.25, -0.2) is 0 Å². The Morgan fingerprint density at radius 3 is 2.55 bits per heavy atom. The number of alkyl halides is 3. The first kappa shape index (κ1) is 30.9. The minimum atomic E-state index is -4.55. The number of nitrogens with zero attached hydrogens (tertiary/aromatic N) is 3. The Kier molecular flexibility index (Phi) is 10.6. The molecule has 2 saturated heterocycles. The first-order valence-electron chi connectivity index (χ1n) is 13.2. The molecule has 2 aliphatic rings. The molecule has 0 radical (unpaired) electrons.